The molecule has 3 saturated carbocycles. The number of aldehydes is 1. The van der Waals surface area contributed by atoms with Crippen molar-refractivity contribution in [1.29, 1.82) is 0 Å². The van der Waals surface area contributed by atoms with Gasteiger partial charge < -0.3 is 4.79 Å². The van der Waals surface area contributed by atoms with Gasteiger partial charge in [-0.25, -0.2) is 0 Å². The van der Waals surface area contributed by atoms with Crippen LogP contribution in [0, 0.1) is 21.7 Å². The summed E-state index contributed by atoms with van der Waals surface area (Å²) in [5.41, 5.74) is 2.12. The monoisotopic (exact) mass is 384 g/mol. The molecule has 0 amide bonds. The molecule has 0 aliphatic heterocycles. The molecular weight excluding hydrogens is 340 g/mol. The van der Waals surface area contributed by atoms with Crippen LogP contribution in [0.25, 0.3) is 0 Å². The van der Waals surface area contributed by atoms with Gasteiger partial charge in [0, 0.05) is 6.42 Å². The third kappa shape index (κ3) is 4.82. The van der Waals surface area contributed by atoms with E-state index in [0.717, 1.165) is 19.1 Å². The number of allylic oxidation sites excluding steroid dienone is 4. The number of carbonyl (C=O) groups is 1. The Balaban J connectivity index is 1.44. The fourth-order valence-electron chi connectivity index (χ4n) is 7.62. The number of hydrogen-bond acceptors (Lipinski definition) is 1. The quantitative estimate of drug-likeness (QED) is 0.188. The first kappa shape index (κ1) is 21.8. The first-order valence-corrected chi connectivity index (χ1v) is 12.2. The molecule has 28 heavy (non-hydrogen) atoms. The Hall–Kier alpha value is -0.850. The SMILES string of the molecule is CCCCC/C=C\C/C=C\C1(CCCC)CC2(C1)CC1(CC(C)(CC=O)C1)C2. The Labute approximate surface area is 174 Å². The topological polar surface area (TPSA) is 17.1 Å². The van der Waals surface area contributed by atoms with E-state index in [1.807, 2.05) is 0 Å². The van der Waals surface area contributed by atoms with E-state index in [2.05, 4.69) is 45.1 Å². The molecule has 0 bridgehead atoms. The van der Waals surface area contributed by atoms with Crippen LogP contribution in [0.1, 0.15) is 117 Å². The molecule has 0 atom stereocenters. The lowest BCUT2D eigenvalue weighted by atomic mass is 9.31. The van der Waals surface area contributed by atoms with E-state index in [1.165, 1.54) is 83.5 Å². The van der Waals surface area contributed by atoms with Crippen molar-refractivity contribution < 1.29 is 4.79 Å². The van der Waals surface area contributed by atoms with E-state index < -0.39 is 0 Å². The van der Waals surface area contributed by atoms with Crippen molar-refractivity contribution in [2.45, 2.75) is 117 Å². The molecule has 3 aliphatic rings. The number of unbranched alkanes of at least 4 members (excludes halogenated alkanes) is 4. The second-order valence-corrected chi connectivity index (χ2v) is 11.3. The number of hydrogen-bond donors (Lipinski definition) is 0. The van der Waals surface area contributed by atoms with E-state index >= 15 is 0 Å². The van der Waals surface area contributed by atoms with Crippen molar-refractivity contribution in [3.05, 3.63) is 24.3 Å². The predicted molar refractivity (Wildman–Crippen MR) is 120 cm³/mol. The van der Waals surface area contributed by atoms with Crippen molar-refractivity contribution >= 4 is 6.29 Å². The Morgan fingerprint density at radius 3 is 2.11 bits per heavy atom. The summed E-state index contributed by atoms with van der Waals surface area (Å²) >= 11 is 0. The maximum absolute atomic E-state index is 10.9. The zero-order chi connectivity index (χ0) is 20.1. The number of rotatable bonds is 12. The fraction of sp³-hybridized carbons (Fsp3) is 0.815. The molecule has 0 aromatic carbocycles. The lowest BCUT2D eigenvalue weighted by Crippen LogP contribution is -2.63. The minimum Gasteiger partial charge on any atom is -0.303 e. The molecule has 0 N–H and O–H groups in total. The molecule has 0 aromatic heterocycles. The van der Waals surface area contributed by atoms with E-state index in [0.29, 0.717) is 21.7 Å². The van der Waals surface area contributed by atoms with Gasteiger partial charge in [-0.15, -0.1) is 0 Å². The molecule has 2 spiro atoms. The summed E-state index contributed by atoms with van der Waals surface area (Å²) in [6.07, 6.45) is 30.6. The van der Waals surface area contributed by atoms with Gasteiger partial charge in [0.05, 0.1) is 0 Å². The highest BCUT2D eigenvalue weighted by Crippen LogP contribution is 2.79. The minimum atomic E-state index is 0.329. The lowest BCUT2D eigenvalue weighted by molar-refractivity contribution is -0.223. The fourth-order valence-corrected chi connectivity index (χ4v) is 7.62. The van der Waals surface area contributed by atoms with Gasteiger partial charge in [-0.1, -0.05) is 70.8 Å². The summed E-state index contributed by atoms with van der Waals surface area (Å²) in [7, 11) is 0. The van der Waals surface area contributed by atoms with Gasteiger partial charge in [-0.2, -0.15) is 0 Å². The lowest BCUT2D eigenvalue weighted by Gasteiger charge is -2.73. The summed E-state index contributed by atoms with van der Waals surface area (Å²) in [5.74, 6) is 0. The third-order valence-electron chi connectivity index (χ3n) is 8.05. The Kier molecular flexibility index (Phi) is 6.93. The largest absolute Gasteiger partial charge is 0.303 e. The van der Waals surface area contributed by atoms with Crippen LogP contribution in [0.5, 0.6) is 0 Å². The van der Waals surface area contributed by atoms with Crippen LogP contribution in [-0.2, 0) is 4.79 Å². The molecule has 0 aromatic rings. The Morgan fingerprint density at radius 2 is 1.46 bits per heavy atom. The van der Waals surface area contributed by atoms with Crippen molar-refractivity contribution in [3.63, 3.8) is 0 Å². The molecule has 3 rings (SSSR count). The average molecular weight is 385 g/mol. The minimum absolute atomic E-state index is 0.329. The highest BCUT2D eigenvalue weighted by Gasteiger charge is 2.68. The summed E-state index contributed by atoms with van der Waals surface area (Å²) in [5, 5.41) is 0. The van der Waals surface area contributed by atoms with Crippen LogP contribution in [0.4, 0.5) is 0 Å². The first-order chi connectivity index (χ1) is 13.4. The van der Waals surface area contributed by atoms with Crippen molar-refractivity contribution in [1.82, 2.24) is 0 Å². The van der Waals surface area contributed by atoms with Crippen LogP contribution in [0.15, 0.2) is 24.3 Å². The highest BCUT2D eigenvalue weighted by molar-refractivity contribution is 5.51. The van der Waals surface area contributed by atoms with E-state index in [-0.39, 0.29) is 0 Å². The maximum atomic E-state index is 10.9. The molecule has 0 radical (unpaired) electrons. The number of carbonyl (C=O) groups excluding carboxylic acids is 1. The van der Waals surface area contributed by atoms with E-state index in [4.69, 9.17) is 0 Å². The van der Waals surface area contributed by atoms with Crippen LogP contribution in [0.2, 0.25) is 0 Å². The van der Waals surface area contributed by atoms with Gasteiger partial charge in [0.15, 0.2) is 0 Å². The molecule has 3 aliphatic carbocycles. The second kappa shape index (κ2) is 8.88. The molecule has 1 nitrogen and oxygen atoms in total. The van der Waals surface area contributed by atoms with Crippen LogP contribution in [-0.4, -0.2) is 6.29 Å². The Bertz CT molecular complexity index is 559. The second-order valence-electron chi connectivity index (χ2n) is 11.3. The van der Waals surface area contributed by atoms with Gasteiger partial charge in [0.1, 0.15) is 6.29 Å². The smallest absolute Gasteiger partial charge is 0.120 e. The zero-order valence-corrected chi connectivity index (χ0v) is 18.9. The third-order valence-corrected chi connectivity index (χ3v) is 8.05. The van der Waals surface area contributed by atoms with E-state index in [1.54, 1.807) is 0 Å². The summed E-state index contributed by atoms with van der Waals surface area (Å²) in [6, 6.07) is 0. The predicted octanol–water partition coefficient (Wildman–Crippen LogP) is 8.20. The summed E-state index contributed by atoms with van der Waals surface area (Å²) < 4.78 is 0. The molecule has 3 fully saturated rings. The molecule has 0 unspecified atom stereocenters. The van der Waals surface area contributed by atoms with Gasteiger partial charge in [0.2, 0.25) is 0 Å². The summed E-state index contributed by atoms with van der Waals surface area (Å²) in [4.78, 5) is 10.9. The first-order valence-electron chi connectivity index (χ1n) is 12.2. The van der Waals surface area contributed by atoms with Crippen LogP contribution in [0.3, 0.4) is 0 Å². The van der Waals surface area contributed by atoms with Gasteiger partial charge >= 0.3 is 0 Å². The molecule has 158 valence electrons. The zero-order valence-electron chi connectivity index (χ0n) is 18.9. The van der Waals surface area contributed by atoms with Crippen molar-refractivity contribution in [2.75, 3.05) is 0 Å². The molecule has 0 heterocycles. The van der Waals surface area contributed by atoms with Crippen LogP contribution >= 0.6 is 0 Å². The van der Waals surface area contributed by atoms with E-state index in [9.17, 15) is 4.79 Å². The molecule has 1 heteroatoms. The van der Waals surface area contributed by atoms with Crippen LogP contribution < -0.4 is 0 Å². The maximum Gasteiger partial charge on any atom is 0.120 e. The Morgan fingerprint density at radius 1 is 0.786 bits per heavy atom. The summed E-state index contributed by atoms with van der Waals surface area (Å²) in [6.45, 7) is 6.92. The molecular formula is C27H44O. The molecule has 0 saturated heterocycles. The van der Waals surface area contributed by atoms with Gasteiger partial charge in [-0.3, -0.25) is 0 Å². The average Bonchev–Trinajstić information content (AvgIpc) is 2.57. The van der Waals surface area contributed by atoms with Gasteiger partial charge in [0.25, 0.3) is 0 Å². The normalized spacial score (nSPS) is 39.4. The van der Waals surface area contributed by atoms with Crippen molar-refractivity contribution in [3.8, 4) is 0 Å². The van der Waals surface area contributed by atoms with Crippen molar-refractivity contribution in [2.24, 2.45) is 21.7 Å². The standard InChI is InChI=1S/C27H44O/c1-4-6-8-9-10-11-12-13-15-25(14-7-5-2)20-27(21-25)22-26(23-27)18-24(3,19-26)16-17-28/h10-11,13,15,17H,4-9,12,14,16,18-23H2,1-3H3/b11-10-,15-13-. The van der Waals surface area contributed by atoms with Gasteiger partial charge in [-0.05, 0) is 85.9 Å². The highest BCUT2D eigenvalue weighted by atomic mass is 16.1.